The zero-order valence-corrected chi connectivity index (χ0v) is 15.5. The topological polar surface area (TPSA) is 79.1 Å². The highest BCUT2D eigenvalue weighted by atomic mass is 35.5. The molecule has 0 N–H and O–H groups in total. The maximum absolute atomic E-state index is 12.9. The van der Waals surface area contributed by atoms with E-state index in [0.29, 0.717) is 33.4 Å². The van der Waals surface area contributed by atoms with Gasteiger partial charge in [-0.15, -0.1) is 10.2 Å². The lowest BCUT2D eigenvalue weighted by Gasteiger charge is -2.09. The van der Waals surface area contributed by atoms with Crippen molar-refractivity contribution >= 4 is 28.5 Å². The monoisotopic (exact) mass is 372 g/mol. The molecule has 3 aromatic heterocycles. The van der Waals surface area contributed by atoms with Crippen LogP contribution in [0.25, 0.3) is 28.3 Å². The quantitative estimate of drug-likeness (QED) is 0.539. The first kappa shape index (κ1) is 16.6. The van der Waals surface area contributed by atoms with Gasteiger partial charge in [0.05, 0.1) is 5.02 Å². The molecular formula is C17H17ClN6O2. The van der Waals surface area contributed by atoms with Crippen LogP contribution >= 0.6 is 11.6 Å². The van der Waals surface area contributed by atoms with E-state index < -0.39 is 5.69 Å². The summed E-state index contributed by atoms with van der Waals surface area (Å²) in [5.74, 6) is 0.974. The number of imidazole rings is 1. The maximum atomic E-state index is 12.9. The van der Waals surface area contributed by atoms with Crippen LogP contribution in [0, 0.1) is 0 Å². The maximum Gasteiger partial charge on any atom is 0.332 e. The highest BCUT2D eigenvalue weighted by Crippen LogP contribution is 2.30. The Kier molecular flexibility index (Phi) is 3.55. The van der Waals surface area contributed by atoms with E-state index in [-0.39, 0.29) is 11.6 Å². The Hall–Kier alpha value is -2.87. The number of nitrogens with zero attached hydrogens (tertiary/aromatic N) is 6. The Morgan fingerprint density at radius 3 is 2.38 bits per heavy atom. The molecular weight excluding hydrogens is 356 g/mol. The molecule has 0 radical (unpaired) electrons. The molecule has 0 aliphatic carbocycles. The van der Waals surface area contributed by atoms with Crippen LogP contribution in [0.4, 0.5) is 0 Å². The summed E-state index contributed by atoms with van der Waals surface area (Å²) in [5, 5.41) is 9.09. The first-order chi connectivity index (χ1) is 12.3. The molecule has 26 heavy (non-hydrogen) atoms. The van der Waals surface area contributed by atoms with Gasteiger partial charge in [0.2, 0.25) is 5.78 Å². The molecule has 4 aromatic rings. The Bertz CT molecular complexity index is 1290. The number of benzene rings is 1. The third-order valence-electron chi connectivity index (χ3n) is 4.56. The molecule has 9 heteroatoms. The fourth-order valence-corrected chi connectivity index (χ4v) is 3.54. The average molecular weight is 373 g/mol. The summed E-state index contributed by atoms with van der Waals surface area (Å²) in [6, 6.07) is 7.21. The van der Waals surface area contributed by atoms with Crippen LogP contribution in [0.2, 0.25) is 5.02 Å². The Balaban J connectivity index is 2.32. The lowest BCUT2D eigenvalue weighted by atomic mass is 10.2. The molecule has 4 rings (SSSR count). The minimum absolute atomic E-state index is 0.0523. The minimum atomic E-state index is -0.413. The fraction of sp³-hybridized carbons (Fsp3) is 0.294. The molecule has 0 aliphatic rings. The molecule has 0 fully saturated rings. The van der Waals surface area contributed by atoms with Gasteiger partial charge in [0.25, 0.3) is 5.56 Å². The SMILES string of the molecule is CC(C)n1c2c(=O)n(C)c(=O)n(C)c2n2c(-c3ccccc3Cl)nnc12. The smallest absolute Gasteiger partial charge is 0.300 e. The van der Waals surface area contributed by atoms with E-state index in [4.69, 9.17) is 11.6 Å². The standard InChI is InChI=1S/C17H17ClN6O2/c1-9(2)23-12-14(21(3)17(26)22(4)15(12)25)24-13(19-20-16(23)24)10-7-5-6-8-11(10)18/h5-9H,1-4H3. The van der Waals surface area contributed by atoms with E-state index in [9.17, 15) is 9.59 Å². The summed E-state index contributed by atoms with van der Waals surface area (Å²) < 4.78 is 6.05. The largest absolute Gasteiger partial charge is 0.332 e. The van der Waals surface area contributed by atoms with Gasteiger partial charge >= 0.3 is 5.69 Å². The number of hydrogen-bond donors (Lipinski definition) is 0. The lowest BCUT2D eigenvalue weighted by Crippen LogP contribution is -2.38. The van der Waals surface area contributed by atoms with Gasteiger partial charge < -0.3 is 0 Å². The third kappa shape index (κ3) is 2.02. The highest BCUT2D eigenvalue weighted by Gasteiger charge is 2.25. The normalized spacial score (nSPS) is 11.9. The third-order valence-corrected chi connectivity index (χ3v) is 4.89. The molecule has 0 amide bonds. The number of rotatable bonds is 2. The molecule has 0 atom stereocenters. The van der Waals surface area contributed by atoms with Crippen molar-refractivity contribution in [1.82, 2.24) is 28.3 Å². The molecule has 0 aliphatic heterocycles. The van der Waals surface area contributed by atoms with Gasteiger partial charge in [0, 0.05) is 25.7 Å². The van der Waals surface area contributed by atoms with Gasteiger partial charge in [-0.3, -0.25) is 18.5 Å². The predicted octanol–water partition coefficient (Wildman–Crippen LogP) is 1.98. The van der Waals surface area contributed by atoms with Gasteiger partial charge in [-0.1, -0.05) is 23.7 Å². The summed E-state index contributed by atoms with van der Waals surface area (Å²) in [5.41, 5.74) is 0.749. The number of aryl methyl sites for hydroxylation is 1. The molecule has 0 bridgehead atoms. The van der Waals surface area contributed by atoms with E-state index in [1.807, 2.05) is 32.0 Å². The van der Waals surface area contributed by atoms with Gasteiger partial charge in [-0.25, -0.2) is 9.20 Å². The second-order valence-electron chi connectivity index (χ2n) is 6.48. The molecule has 134 valence electrons. The number of aromatic nitrogens is 6. The molecule has 1 aromatic carbocycles. The van der Waals surface area contributed by atoms with Crippen LogP contribution in [-0.2, 0) is 14.1 Å². The minimum Gasteiger partial charge on any atom is -0.300 e. The van der Waals surface area contributed by atoms with Crippen molar-refractivity contribution < 1.29 is 0 Å². The molecule has 0 spiro atoms. The summed E-state index contributed by atoms with van der Waals surface area (Å²) in [7, 11) is 3.10. The van der Waals surface area contributed by atoms with Crippen molar-refractivity contribution in [3.8, 4) is 11.4 Å². The van der Waals surface area contributed by atoms with Gasteiger partial charge in [0.15, 0.2) is 17.0 Å². The van der Waals surface area contributed by atoms with Gasteiger partial charge in [0.1, 0.15) is 0 Å². The van der Waals surface area contributed by atoms with E-state index in [1.165, 1.54) is 11.6 Å². The summed E-state index contributed by atoms with van der Waals surface area (Å²) >= 11 is 6.34. The summed E-state index contributed by atoms with van der Waals surface area (Å²) in [6.07, 6.45) is 0. The van der Waals surface area contributed by atoms with E-state index in [1.54, 1.807) is 22.1 Å². The van der Waals surface area contributed by atoms with Gasteiger partial charge in [-0.05, 0) is 26.0 Å². The number of fused-ring (bicyclic) bond motifs is 3. The summed E-state index contributed by atoms with van der Waals surface area (Å²) in [6.45, 7) is 3.90. The predicted molar refractivity (Wildman–Crippen MR) is 99.8 cm³/mol. The van der Waals surface area contributed by atoms with Crippen molar-refractivity contribution in [1.29, 1.82) is 0 Å². The second-order valence-corrected chi connectivity index (χ2v) is 6.89. The van der Waals surface area contributed by atoms with Crippen molar-refractivity contribution in [3.63, 3.8) is 0 Å². The average Bonchev–Trinajstić information content (AvgIpc) is 3.16. The van der Waals surface area contributed by atoms with Crippen LogP contribution in [0.15, 0.2) is 33.9 Å². The molecule has 0 saturated carbocycles. The Morgan fingerprint density at radius 2 is 1.73 bits per heavy atom. The van der Waals surface area contributed by atoms with E-state index >= 15 is 0 Å². The first-order valence-electron chi connectivity index (χ1n) is 8.14. The summed E-state index contributed by atoms with van der Waals surface area (Å²) in [4.78, 5) is 25.3. The number of hydrogen-bond acceptors (Lipinski definition) is 4. The highest BCUT2D eigenvalue weighted by molar-refractivity contribution is 6.33. The van der Waals surface area contributed by atoms with Crippen molar-refractivity contribution in [2.24, 2.45) is 14.1 Å². The van der Waals surface area contributed by atoms with Crippen LogP contribution in [0.1, 0.15) is 19.9 Å². The molecule has 3 heterocycles. The molecule has 0 unspecified atom stereocenters. The van der Waals surface area contributed by atoms with Crippen LogP contribution < -0.4 is 11.2 Å². The van der Waals surface area contributed by atoms with Gasteiger partial charge in [-0.2, -0.15) is 0 Å². The van der Waals surface area contributed by atoms with Crippen molar-refractivity contribution in [2.45, 2.75) is 19.9 Å². The second kappa shape index (κ2) is 5.57. The Morgan fingerprint density at radius 1 is 1.04 bits per heavy atom. The first-order valence-corrected chi connectivity index (χ1v) is 8.52. The zero-order chi connectivity index (χ0) is 18.7. The van der Waals surface area contributed by atoms with Crippen LogP contribution in [0.5, 0.6) is 0 Å². The van der Waals surface area contributed by atoms with Crippen LogP contribution in [-0.4, -0.2) is 28.3 Å². The lowest BCUT2D eigenvalue weighted by molar-refractivity contribution is 0.622. The number of halogens is 1. The van der Waals surface area contributed by atoms with Crippen LogP contribution in [0.3, 0.4) is 0 Å². The fourth-order valence-electron chi connectivity index (χ4n) is 3.32. The molecule has 0 saturated heterocycles. The molecule has 8 nitrogen and oxygen atoms in total. The Labute approximate surface area is 152 Å². The van der Waals surface area contributed by atoms with E-state index in [0.717, 1.165) is 4.57 Å². The van der Waals surface area contributed by atoms with Crippen molar-refractivity contribution in [2.75, 3.05) is 0 Å². The van der Waals surface area contributed by atoms with Crippen molar-refractivity contribution in [3.05, 3.63) is 50.1 Å². The zero-order valence-electron chi connectivity index (χ0n) is 14.8. The van der Waals surface area contributed by atoms with E-state index in [2.05, 4.69) is 10.2 Å².